The maximum atomic E-state index is 11.6. The normalized spacial score (nSPS) is 10.3. The summed E-state index contributed by atoms with van der Waals surface area (Å²) in [4.78, 5) is 11.6. The van der Waals surface area contributed by atoms with Gasteiger partial charge >= 0.3 is 5.97 Å². The minimum absolute atomic E-state index is 0.291. The van der Waals surface area contributed by atoms with Crippen molar-refractivity contribution in [1.29, 1.82) is 0 Å². The van der Waals surface area contributed by atoms with Crippen LogP contribution in [0.3, 0.4) is 0 Å². The fourth-order valence-electron chi connectivity index (χ4n) is 1.72. The standard InChI is InChI=1S/C13H14N2O3/c1-17-9-12-11(13(16)18-2)8-14-15(12)10-6-4-3-5-7-10/h3-8H,9H2,1-2H3. The molecule has 0 aliphatic heterocycles. The molecule has 2 rings (SSSR count). The lowest BCUT2D eigenvalue weighted by atomic mass is 10.2. The Morgan fingerprint density at radius 1 is 1.28 bits per heavy atom. The number of hydrogen-bond donors (Lipinski definition) is 0. The van der Waals surface area contributed by atoms with Gasteiger partial charge in [0.1, 0.15) is 5.56 Å². The molecule has 2 aromatic rings. The van der Waals surface area contributed by atoms with Gasteiger partial charge in [-0.3, -0.25) is 0 Å². The zero-order valence-corrected chi connectivity index (χ0v) is 10.3. The van der Waals surface area contributed by atoms with Gasteiger partial charge in [-0.05, 0) is 12.1 Å². The van der Waals surface area contributed by atoms with Crippen molar-refractivity contribution < 1.29 is 14.3 Å². The highest BCUT2D eigenvalue weighted by atomic mass is 16.5. The van der Waals surface area contributed by atoms with E-state index in [9.17, 15) is 4.79 Å². The van der Waals surface area contributed by atoms with Crippen LogP contribution in [-0.2, 0) is 16.1 Å². The number of methoxy groups -OCH3 is 2. The largest absolute Gasteiger partial charge is 0.465 e. The van der Waals surface area contributed by atoms with E-state index in [4.69, 9.17) is 9.47 Å². The molecule has 5 nitrogen and oxygen atoms in total. The van der Waals surface area contributed by atoms with Crippen molar-refractivity contribution in [2.45, 2.75) is 6.61 Å². The second kappa shape index (κ2) is 5.46. The third-order valence-electron chi connectivity index (χ3n) is 2.56. The van der Waals surface area contributed by atoms with E-state index in [1.807, 2.05) is 30.3 Å². The molecule has 94 valence electrons. The van der Waals surface area contributed by atoms with Gasteiger partial charge in [0, 0.05) is 7.11 Å². The second-order valence-corrected chi connectivity index (χ2v) is 3.68. The predicted octanol–water partition coefficient (Wildman–Crippen LogP) is 1.81. The lowest BCUT2D eigenvalue weighted by Crippen LogP contribution is -2.09. The summed E-state index contributed by atoms with van der Waals surface area (Å²) < 4.78 is 11.5. The van der Waals surface area contributed by atoms with Crippen LogP contribution in [0.5, 0.6) is 0 Å². The van der Waals surface area contributed by atoms with Crippen molar-refractivity contribution in [3.63, 3.8) is 0 Å². The molecular weight excluding hydrogens is 232 g/mol. The van der Waals surface area contributed by atoms with Crippen molar-refractivity contribution in [2.75, 3.05) is 14.2 Å². The minimum atomic E-state index is -0.413. The predicted molar refractivity (Wildman–Crippen MR) is 65.6 cm³/mol. The van der Waals surface area contributed by atoms with E-state index in [1.165, 1.54) is 13.3 Å². The molecular formula is C13H14N2O3. The molecule has 0 fully saturated rings. The zero-order valence-electron chi connectivity index (χ0n) is 10.3. The van der Waals surface area contributed by atoms with Crippen LogP contribution in [0.4, 0.5) is 0 Å². The fraction of sp³-hybridized carbons (Fsp3) is 0.231. The summed E-state index contributed by atoms with van der Waals surface area (Å²) in [5.74, 6) is -0.413. The summed E-state index contributed by atoms with van der Waals surface area (Å²) in [6.07, 6.45) is 1.49. The molecule has 0 atom stereocenters. The maximum absolute atomic E-state index is 11.6. The average Bonchev–Trinajstić information content (AvgIpc) is 2.83. The van der Waals surface area contributed by atoms with Gasteiger partial charge in [-0.1, -0.05) is 18.2 Å². The molecule has 0 saturated heterocycles. The number of rotatable bonds is 4. The first-order valence-corrected chi connectivity index (χ1v) is 5.47. The van der Waals surface area contributed by atoms with Crippen LogP contribution in [0.25, 0.3) is 5.69 Å². The third kappa shape index (κ3) is 2.26. The van der Waals surface area contributed by atoms with Crippen LogP contribution in [-0.4, -0.2) is 30.0 Å². The number of esters is 1. The van der Waals surface area contributed by atoms with E-state index in [0.29, 0.717) is 17.9 Å². The van der Waals surface area contributed by atoms with Crippen LogP contribution >= 0.6 is 0 Å². The quantitative estimate of drug-likeness (QED) is 0.772. The molecule has 0 spiro atoms. The van der Waals surface area contributed by atoms with Crippen LogP contribution in [0.15, 0.2) is 36.5 Å². The Labute approximate surface area is 105 Å². The summed E-state index contributed by atoms with van der Waals surface area (Å²) in [6, 6.07) is 9.56. The van der Waals surface area contributed by atoms with E-state index in [0.717, 1.165) is 5.69 Å². The first kappa shape index (κ1) is 12.3. The number of ether oxygens (including phenoxy) is 2. The van der Waals surface area contributed by atoms with Gasteiger partial charge in [0.25, 0.3) is 0 Å². The molecule has 1 heterocycles. The SMILES string of the molecule is COCc1c(C(=O)OC)cnn1-c1ccccc1. The Balaban J connectivity index is 2.48. The van der Waals surface area contributed by atoms with Gasteiger partial charge in [0.05, 0.1) is 31.3 Å². The van der Waals surface area contributed by atoms with Gasteiger partial charge in [0.15, 0.2) is 0 Å². The van der Waals surface area contributed by atoms with E-state index < -0.39 is 5.97 Å². The number of benzene rings is 1. The van der Waals surface area contributed by atoms with E-state index in [2.05, 4.69) is 5.10 Å². The summed E-state index contributed by atoms with van der Waals surface area (Å²) in [7, 11) is 2.92. The van der Waals surface area contributed by atoms with Crippen molar-refractivity contribution in [2.24, 2.45) is 0 Å². The summed E-state index contributed by atoms with van der Waals surface area (Å²) in [5.41, 5.74) is 1.97. The topological polar surface area (TPSA) is 53.4 Å². The summed E-state index contributed by atoms with van der Waals surface area (Å²) >= 11 is 0. The smallest absolute Gasteiger partial charge is 0.341 e. The molecule has 0 saturated carbocycles. The lowest BCUT2D eigenvalue weighted by Gasteiger charge is -2.08. The minimum Gasteiger partial charge on any atom is -0.465 e. The zero-order chi connectivity index (χ0) is 13.0. The van der Waals surface area contributed by atoms with Crippen molar-refractivity contribution in [1.82, 2.24) is 9.78 Å². The molecule has 0 unspecified atom stereocenters. The molecule has 0 aliphatic rings. The third-order valence-corrected chi connectivity index (χ3v) is 2.56. The summed E-state index contributed by atoms with van der Waals surface area (Å²) in [5, 5.41) is 4.21. The molecule has 5 heteroatoms. The van der Waals surface area contributed by atoms with E-state index in [1.54, 1.807) is 11.8 Å². The molecule has 0 radical (unpaired) electrons. The fourth-order valence-corrected chi connectivity index (χ4v) is 1.72. The first-order valence-electron chi connectivity index (χ1n) is 5.47. The van der Waals surface area contributed by atoms with Crippen LogP contribution in [0.2, 0.25) is 0 Å². The van der Waals surface area contributed by atoms with Crippen molar-refractivity contribution >= 4 is 5.97 Å². The molecule has 0 bridgehead atoms. The van der Waals surface area contributed by atoms with E-state index in [-0.39, 0.29) is 0 Å². The van der Waals surface area contributed by atoms with Crippen LogP contribution in [0.1, 0.15) is 16.1 Å². The maximum Gasteiger partial charge on any atom is 0.341 e. The average molecular weight is 246 g/mol. The summed E-state index contributed by atoms with van der Waals surface area (Å²) in [6.45, 7) is 0.291. The number of carbonyl (C=O) groups excluding carboxylic acids is 1. The number of hydrogen-bond acceptors (Lipinski definition) is 4. The van der Waals surface area contributed by atoms with Gasteiger partial charge in [-0.15, -0.1) is 0 Å². The molecule has 0 amide bonds. The van der Waals surface area contributed by atoms with E-state index >= 15 is 0 Å². The molecule has 18 heavy (non-hydrogen) atoms. The van der Waals surface area contributed by atoms with Crippen molar-refractivity contribution in [3.8, 4) is 5.69 Å². The number of aromatic nitrogens is 2. The Morgan fingerprint density at radius 2 is 2.00 bits per heavy atom. The Bertz CT molecular complexity index is 534. The Morgan fingerprint density at radius 3 is 2.61 bits per heavy atom. The number of nitrogens with zero attached hydrogens (tertiary/aromatic N) is 2. The molecule has 0 aliphatic carbocycles. The molecule has 0 N–H and O–H groups in total. The van der Waals surface area contributed by atoms with Crippen LogP contribution < -0.4 is 0 Å². The number of para-hydroxylation sites is 1. The van der Waals surface area contributed by atoms with Gasteiger partial charge in [-0.2, -0.15) is 5.10 Å². The van der Waals surface area contributed by atoms with Crippen molar-refractivity contribution in [3.05, 3.63) is 47.8 Å². The molecule has 1 aromatic heterocycles. The lowest BCUT2D eigenvalue weighted by molar-refractivity contribution is 0.0595. The van der Waals surface area contributed by atoms with Gasteiger partial charge in [-0.25, -0.2) is 9.48 Å². The highest BCUT2D eigenvalue weighted by Crippen LogP contribution is 2.16. The second-order valence-electron chi connectivity index (χ2n) is 3.68. The highest BCUT2D eigenvalue weighted by Gasteiger charge is 2.18. The first-order chi connectivity index (χ1) is 8.77. The highest BCUT2D eigenvalue weighted by molar-refractivity contribution is 5.90. The monoisotopic (exact) mass is 246 g/mol. The molecule has 1 aromatic carbocycles. The Hall–Kier alpha value is -2.14. The Kier molecular flexibility index (Phi) is 3.74. The van der Waals surface area contributed by atoms with Crippen LogP contribution in [0, 0.1) is 0 Å². The number of carbonyl (C=O) groups is 1. The van der Waals surface area contributed by atoms with Gasteiger partial charge < -0.3 is 9.47 Å². The van der Waals surface area contributed by atoms with Gasteiger partial charge in [0.2, 0.25) is 0 Å².